The average Bonchev–Trinajstić information content (AvgIpc) is 3.80. The molecule has 412 valence electrons. The fourth-order valence-electron chi connectivity index (χ4n) is 15.3. The number of hydrogen-bond acceptors (Lipinski definition) is 22. The first kappa shape index (κ1) is 54.2. The summed E-state index contributed by atoms with van der Waals surface area (Å²) < 4.78 is 63.0. The average molecular weight is 1030 g/mol. The predicted octanol–water partition coefficient (Wildman–Crippen LogP) is -2.35. The van der Waals surface area contributed by atoms with Gasteiger partial charge in [0.25, 0.3) is 0 Å². The molecule has 9 fully saturated rings. The Bertz CT molecular complexity index is 1910. The number of ether oxygens (including phenoxy) is 10. The van der Waals surface area contributed by atoms with Crippen molar-refractivity contribution in [3.63, 3.8) is 0 Å². The Morgan fingerprint density at radius 1 is 0.625 bits per heavy atom. The van der Waals surface area contributed by atoms with Crippen LogP contribution in [0.4, 0.5) is 0 Å². The standard InChI is InChI=1S/C50H80O22/c1-19-8-11-50(64-17-19)20(2)32-28(72-50)14-26-24-7-6-22-12-23(53)13-31(49(22,5)25(24)9-10-48(26,32)4)68-47-43(42(36(58)30(16-52)67-47)70-44-38(60)34(56)27(54)18-63-44)71-46-40(62)41(33(55)21(3)65-46)69-45-39(61)37(59)35(57)29(15-51)66-45/h6,19-21,23-47,51-62H,7-18H2,1-5H3/t19-,20+,21-,23+,24+,25-,26-,27+,28-,29+,30+,31+,32-,33-,34-,35+,36+,37-,38+,39+,40+,41+,42-,43+,44-,45-,46-,47-,48-,49-,50-/m0/s1. The van der Waals surface area contributed by atoms with Crippen molar-refractivity contribution in [1.29, 1.82) is 0 Å². The number of aliphatic hydroxyl groups excluding tert-OH is 12. The molecule has 4 aliphatic carbocycles. The van der Waals surface area contributed by atoms with Gasteiger partial charge in [-0.3, -0.25) is 0 Å². The third-order valence-corrected chi connectivity index (χ3v) is 19.5. The summed E-state index contributed by atoms with van der Waals surface area (Å²) in [5.41, 5.74) is 0.342. The molecule has 6 aliphatic heterocycles. The molecule has 3 saturated carbocycles. The molecule has 6 saturated heterocycles. The summed E-state index contributed by atoms with van der Waals surface area (Å²) in [6.45, 7) is 9.25. The van der Waals surface area contributed by atoms with Gasteiger partial charge in [0, 0.05) is 24.2 Å². The largest absolute Gasteiger partial charge is 0.394 e. The molecule has 0 radical (unpaired) electrons. The van der Waals surface area contributed by atoms with Gasteiger partial charge < -0.3 is 109 Å². The first-order valence-electron chi connectivity index (χ1n) is 26.4. The number of rotatable bonds is 10. The first-order chi connectivity index (χ1) is 34.1. The molecule has 0 aromatic carbocycles. The minimum atomic E-state index is -1.95. The zero-order chi connectivity index (χ0) is 51.5. The molecule has 0 bridgehead atoms. The maximum absolute atomic E-state index is 12.0. The van der Waals surface area contributed by atoms with Crippen LogP contribution in [0.25, 0.3) is 0 Å². The van der Waals surface area contributed by atoms with Crippen LogP contribution in [0.5, 0.6) is 0 Å². The highest BCUT2D eigenvalue weighted by Crippen LogP contribution is 2.71. The van der Waals surface area contributed by atoms with Crippen LogP contribution in [0, 0.1) is 46.3 Å². The molecular weight excluding hydrogens is 953 g/mol. The number of aliphatic hydroxyl groups is 12. The Hall–Kier alpha value is -1.14. The Morgan fingerprint density at radius 2 is 1.29 bits per heavy atom. The zero-order valence-corrected chi connectivity index (χ0v) is 41.7. The minimum Gasteiger partial charge on any atom is -0.394 e. The quantitative estimate of drug-likeness (QED) is 0.102. The summed E-state index contributed by atoms with van der Waals surface area (Å²) in [6, 6.07) is 0. The van der Waals surface area contributed by atoms with E-state index >= 15 is 0 Å². The predicted molar refractivity (Wildman–Crippen MR) is 242 cm³/mol. The van der Waals surface area contributed by atoms with Crippen molar-refractivity contribution in [3.05, 3.63) is 11.6 Å². The third kappa shape index (κ3) is 8.99. The van der Waals surface area contributed by atoms with Crippen LogP contribution >= 0.6 is 0 Å². The van der Waals surface area contributed by atoms with Crippen LogP contribution in [-0.2, 0) is 47.4 Å². The van der Waals surface area contributed by atoms with Crippen molar-refractivity contribution >= 4 is 0 Å². The molecule has 31 atom stereocenters. The summed E-state index contributed by atoms with van der Waals surface area (Å²) in [5, 5.41) is 131. The van der Waals surface area contributed by atoms with Crippen LogP contribution in [0.2, 0.25) is 0 Å². The topological polar surface area (TPSA) is 335 Å². The van der Waals surface area contributed by atoms with E-state index in [0.29, 0.717) is 30.8 Å². The summed E-state index contributed by atoms with van der Waals surface area (Å²) in [4.78, 5) is 0. The van der Waals surface area contributed by atoms with E-state index in [1.54, 1.807) is 0 Å². The van der Waals surface area contributed by atoms with Crippen molar-refractivity contribution in [2.75, 3.05) is 26.4 Å². The lowest BCUT2D eigenvalue weighted by Crippen LogP contribution is -2.68. The molecule has 10 aliphatic rings. The SMILES string of the molecule is C[C@H]1CC[C@]2(OC1)O[C@H]1C[C@H]3[C@@H]4CC=C5C[C@@H](O)C[C@@H](O[C@@H]6O[C@H](CO)[C@@H](O)[C@H](O[C@@H]7OC[C@@H](O)[C@H](O)[C@H]7O)[C@H]6O[C@@H]6O[C@@H](C)[C@H](O)[C@@H](O[C@@H]7O[C@H](CO)[C@@H](O)[C@H](O)[C@H]7O)[C@H]6O)[C@]5(C)[C@H]4CC[C@]3(C)[C@H]1[C@H]2C. The van der Waals surface area contributed by atoms with E-state index in [0.717, 1.165) is 44.1 Å². The molecule has 0 unspecified atom stereocenters. The Morgan fingerprint density at radius 3 is 2.00 bits per heavy atom. The van der Waals surface area contributed by atoms with Crippen molar-refractivity contribution in [1.82, 2.24) is 0 Å². The molecule has 22 heteroatoms. The van der Waals surface area contributed by atoms with E-state index in [1.165, 1.54) is 6.92 Å². The van der Waals surface area contributed by atoms with Gasteiger partial charge in [0.05, 0.1) is 50.8 Å². The zero-order valence-electron chi connectivity index (χ0n) is 41.7. The summed E-state index contributed by atoms with van der Waals surface area (Å²) in [7, 11) is 0. The molecule has 0 amide bonds. The van der Waals surface area contributed by atoms with Gasteiger partial charge in [0.2, 0.25) is 0 Å². The first-order valence-corrected chi connectivity index (χ1v) is 26.4. The van der Waals surface area contributed by atoms with Gasteiger partial charge in [0.15, 0.2) is 30.9 Å². The Balaban J connectivity index is 0.950. The van der Waals surface area contributed by atoms with Crippen molar-refractivity contribution < 1.29 is 109 Å². The molecule has 0 aromatic heterocycles. The van der Waals surface area contributed by atoms with Crippen LogP contribution in [0.1, 0.15) is 86.0 Å². The van der Waals surface area contributed by atoms with Gasteiger partial charge >= 0.3 is 0 Å². The lowest BCUT2D eigenvalue weighted by atomic mass is 9.46. The maximum Gasteiger partial charge on any atom is 0.187 e. The molecule has 12 N–H and O–H groups in total. The van der Waals surface area contributed by atoms with Crippen LogP contribution in [0.3, 0.4) is 0 Å². The van der Waals surface area contributed by atoms with Crippen molar-refractivity contribution in [3.8, 4) is 0 Å². The van der Waals surface area contributed by atoms with Crippen molar-refractivity contribution in [2.24, 2.45) is 46.3 Å². The highest BCUT2D eigenvalue weighted by Gasteiger charge is 2.70. The molecule has 10 rings (SSSR count). The second-order valence-electron chi connectivity index (χ2n) is 23.5. The van der Waals surface area contributed by atoms with Gasteiger partial charge in [-0.1, -0.05) is 39.3 Å². The molecular formula is C50H80O22. The molecule has 22 nitrogen and oxygen atoms in total. The lowest BCUT2D eigenvalue weighted by Gasteiger charge is -2.61. The van der Waals surface area contributed by atoms with E-state index in [-0.39, 0.29) is 35.7 Å². The lowest BCUT2D eigenvalue weighted by molar-refractivity contribution is -0.401. The van der Waals surface area contributed by atoms with Gasteiger partial charge in [-0.15, -0.1) is 0 Å². The Kier molecular flexibility index (Phi) is 15.5. The van der Waals surface area contributed by atoms with Crippen LogP contribution in [-0.4, -0.2) is 229 Å². The van der Waals surface area contributed by atoms with Crippen LogP contribution < -0.4 is 0 Å². The number of hydrogen-bond donors (Lipinski definition) is 12. The van der Waals surface area contributed by atoms with E-state index in [4.69, 9.17) is 47.4 Å². The monoisotopic (exact) mass is 1030 g/mol. The highest BCUT2D eigenvalue weighted by molar-refractivity contribution is 5.29. The van der Waals surface area contributed by atoms with E-state index < -0.39 is 160 Å². The molecule has 0 aromatic rings. The van der Waals surface area contributed by atoms with Gasteiger partial charge in [-0.25, -0.2) is 0 Å². The smallest absolute Gasteiger partial charge is 0.187 e. The second kappa shape index (κ2) is 20.6. The highest BCUT2D eigenvalue weighted by atomic mass is 16.8. The van der Waals surface area contributed by atoms with E-state index in [9.17, 15) is 61.3 Å². The summed E-state index contributed by atoms with van der Waals surface area (Å²) in [6.07, 6.45) is -24.9. The molecule has 6 heterocycles. The van der Waals surface area contributed by atoms with Gasteiger partial charge in [0.1, 0.15) is 85.5 Å². The Labute approximate surface area is 419 Å². The maximum atomic E-state index is 12.0. The number of allylic oxidation sites excluding steroid dienone is 1. The fourth-order valence-corrected chi connectivity index (χ4v) is 15.3. The summed E-state index contributed by atoms with van der Waals surface area (Å²) >= 11 is 0. The third-order valence-electron chi connectivity index (χ3n) is 19.5. The van der Waals surface area contributed by atoms with Crippen LogP contribution in [0.15, 0.2) is 11.6 Å². The van der Waals surface area contributed by atoms with E-state index in [2.05, 4.69) is 33.8 Å². The molecule has 1 spiro atoms. The minimum absolute atomic E-state index is 0.0147. The van der Waals surface area contributed by atoms with Crippen molar-refractivity contribution in [2.45, 2.75) is 227 Å². The van der Waals surface area contributed by atoms with Gasteiger partial charge in [-0.2, -0.15) is 0 Å². The number of fused-ring (bicyclic) bond motifs is 7. The van der Waals surface area contributed by atoms with E-state index in [1.807, 2.05) is 0 Å². The molecule has 72 heavy (non-hydrogen) atoms. The normalized spacial score (nSPS) is 57.8. The second-order valence-corrected chi connectivity index (χ2v) is 23.5. The van der Waals surface area contributed by atoms with Gasteiger partial charge in [-0.05, 0) is 80.5 Å². The summed E-state index contributed by atoms with van der Waals surface area (Å²) in [5.74, 6) is 1.11. The fraction of sp³-hybridized carbons (Fsp3) is 0.960.